The number of amides is 1. The van der Waals surface area contributed by atoms with Gasteiger partial charge in [-0.1, -0.05) is 0 Å². The number of carbonyl (C=O) groups is 1. The van der Waals surface area contributed by atoms with Crippen LogP contribution in [0.4, 0.5) is 4.39 Å². The fourth-order valence-electron chi connectivity index (χ4n) is 3.60. The molecule has 0 atom stereocenters. The van der Waals surface area contributed by atoms with Crippen molar-refractivity contribution >= 4 is 17.1 Å². The number of carbonyl (C=O) groups excluding carboxylic acids is 1. The second kappa shape index (κ2) is 9.28. The third-order valence-corrected chi connectivity index (χ3v) is 5.38. The van der Waals surface area contributed by atoms with E-state index >= 15 is 0 Å². The molecule has 4 rings (SSSR count). The van der Waals surface area contributed by atoms with E-state index in [-0.39, 0.29) is 5.56 Å². The Morgan fingerprint density at radius 1 is 1.03 bits per heavy atom. The van der Waals surface area contributed by atoms with Crippen LogP contribution in [0.25, 0.3) is 22.4 Å². The molecule has 4 aromatic rings. The number of benzene rings is 2. The molecular formula is C25H25FN4O3. The summed E-state index contributed by atoms with van der Waals surface area (Å²) in [6.45, 7) is 0. The van der Waals surface area contributed by atoms with Crippen LogP contribution in [0.3, 0.4) is 0 Å². The van der Waals surface area contributed by atoms with Gasteiger partial charge in [-0.15, -0.1) is 0 Å². The second-order valence-corrected chi connectivity index (χ2v) is 7.89. The smallest absolute Gasteiger partial charge is 0.256 e. The predicted octanol–water partition coefficient (Wildman–Crippen LogP) is 4.27. The molecule has 33 heavy (non-hydrogen) atoms. The standard InChI is InChI=1S/C25H25FN4O3/c1-30(2)25(31)20-11-16(6-8-21(20)26)22-13-23-24(29-22)27-14-17(28-23)7-5-15-9-18(32-3)12-19(10-15)33-4/h6,8-14H,5,7H2,1-4H3,(H,27,29). The van der Waals surface area contributed by atoms with Gasteiger partial charge in [-0.2, -0.15) is 0 Å². The predicted molar refractivity (Wildman–Crippen MR) is 124 cm³/mol. The largest absolute Gasteiger partial charge is 0.497 e. The lowest BCUT2D eigenvalue weighted by Gasteiger charge is -2.11. The monoisotopic (exact) mass is 448 g/mol. The van der Waals surface area contributed by atoms with E-state index in [1.54, 1.807) is 46.6 Å². The van der Waals surface area contributed by atoms with E-state index in [9.17, 15) is 9.18 Å². The van der Waals surface area contributed by atoms with Gasteiger partial charge >= 0.3 is 0 Å². The number of aryl methyl sites for hydroxylation is 2. The number of nitrogens with one attached hydrogen (secondary N) is 1. The zero-order valence-corrected chi connectivity index (χ0v) is 19.0. The molecule has 2 heterocycles. The molecular weight excluding hydrogens is 423 g/mol. The highest BCUT2D eigenvalue weighted by Crippen LogP contribution is 2.26. The van der Waals surface area contributed by atoms with E-state index in [2.05, 4.69) is 9.97 Å². The number of rotatable bonds is 7. The highest BCUT2D eigenvalue weighted by molar-refractivity contribution is 5.95. The summed E-state index contributed by atoms with van der Waals surface area (Å²) in [5.74, 6) is 0.541. The Hall–Kier alpha value is -3.94. The lowest BCUT2D eigenvalue weighted by atomic mass is 10.1. The van der Waals surface area contributed by atoms with Crippen LogP contribution in [0.5, 0.6) is 11.5 Å². The third-order valence-electron chi connectivity index (χ3n) is 5.38. The Morgan fingerprint density at radius 2 is 1.76 bits per heavy atom. The van der Waals surface area contributed by atoms with Gasteiger partial charge in [-0.3, -0.25) is 4.79 Å². The van der Waals surface area contributed by atoms with Crippen molar-refractivity contribution in [1.82, 2.24) is 19.9 Å². The molecule has 0 spiro atoms. The van der Waals surface area contributed by atoms with Gasteiger partial charge < -0.3 is 19.4 Å². The maximum atomic E-state index is 14.2. The number of methoxy groups -OCH3 is 2. The van der Waals surface area contributed by atoms with Crippen LogP contribution in [0, 0.1) is 5.82 Å². The molecule has 170 valence electrons. The molecule has 0 aliphatic heterocycles. The number of hydrogen-bond donors (Lipinski definition) is 1. The lowest BCUT2D eigenvalue weighted by Crippen LogP contribution is -2.22. The fourth-order valence-corrected chi connectivity index (χ4v) is 3.60. The summed E-state index contributed by atoms with van der Waals surface area (Å²) >= 11 is 0. The molecule has 2 aromatic heterocycles. The number of nitrogens with zero attached hydrogens (tertiary/aromatic N) is 3. The molecule has 7 nitrogen and oxygen atoms in total. The number of fused-ring (bicyclic) bond motifs is 1. The summed E-state index contributed by atoms with van der Waals surface area (Å²) in [5.41, 5.74) is 4.67. The molecule has 2 aromatic carbocycles. The average Bonchev–Trinajstić information content (AvgIpc) is 3.25. The van der Waals surface area contributed by atoms with Crippen LogP contribution in [-0.4, -0.2) is 54.1 Å². The lowest BCUT2D eigenvalue weighted by molar-refractivity contribution is 0.0823. The van der Waals surface area contributed by atoms with Gasteiger partial charge in [0, 0.05) is 25.9 Å². The zero-order chi connectivity index (χ0) is 23.5. The summed E-state index contributed by atoms with van der Waals surface area (Å²) in [4.78, 5) is 26.0. The van der Waals surface area contributed by atoms with Gasteiger partial charge in [0.1, 0.15) is 22.8 Å². The molecule has 0 unspecified atom stereocenters. The number of ether oxygens (including phenoxy) is 2. The molecule has 0 bridgehead atoms. The molecule has 0 radical (unpaired) electrons. The number of H-pyrrole nitrogens is 1. The van der Waals surface area contributed by atoms with Crippen LogP contribution in [0.1, 0.15) is 21.6 Å². The molecule has 0 fully saturated rings. The minimum absolute atomic E-state index is 0.0199. The minimum Gasteiger partial charge on any atom is -0.497 e. The SMILES string of the molecule is COc1cc(CCc2cnc3[nH]c(-c4ccc(F)c(C(=O)N(C)C)c4)cc3n2)cc(OC)c1. The van der Waals surface area contributed by atoms with E-state index in [0.29, 0.717) is 28.8 Å². The maximum absolute atomic E-state index is 14.2. The van der Waals surface area contributed by atoms with Crippen LogP contribution in [-0.2, 0) is 12.8 Å². The first-order valence-corrected chi connectivity index (χ1v) is 10.5. The van der Waals surface area contributed by atoms with Crippen molar-refractivity contribution in [3.05, 3.63) is 71.3 Å². The van der Waals surface area contributed by atoms with Gasteiger partial charge in [0.2, 0.25) is 0 Å². The number of aromatic nitrogens is 3. The van der Waals surface area contributed by atoms with E-state index in [1.165, 1.54) is 11.0 Å². The average molecular weight is 448 g/mol. The second-order valence-electron chi connectivity index (χ2n) is 7.89. The highest BCUT2D eigenvalue weighted by Gasteiger charge is 2.16. The molecule has 0 aliphatic carbocycles. The Morgan fingerprint density at radius 3 is 2.42 bits per heavy atom. The zero-order valence-electron chi connectivity index (χ0n) is 19.0. The van der Waals surface area contributed by atoms with Crippen molar-refractivity contribution in [3.8, 4) is 22.8 Å². The summed E-state index contributed by atoms with van der Waals surface area (Å²) in [7, 11) is 6.44. The molecule has 1 amide bonds. The summed E-state index contributed by atoms with van der Waals surface area (Å²) in [5, 5.41) is 0. The topological polar surface area (TPSA) is 80.3 Å². The normalized spacial score (nSPS) is 10.9. The minimum atomic E-state index is -0.554. The van der Waals surface area contributed by atoms with Crippen molar-refractivity contribution in [2.45, 2.75) is 12.8 Å². The first-order valence-electron chi connectivity index (χ1n) is 10.5. The van der Waals surface area contributed by atoms with Crippen molar-refractivity contribution in [1.29, 1.82) is 0 Å². The Labute approximate surface area is 191 Å². The van der Waals surface area contributed by atoms with Gasteiger partial charge in [-0.05, 0) is 60.4 Å². The van der Waals surface area contributed by atoms with Crippen LogP contribution in [0.15, 0.2) is 48.7 Å². The third kappa shape index (κ3) is 4.79. The fraction of sp³-hybridized carbons (Fsp3) is 0.240. The van der Waals surface area contributed by atoms with E-state index in [1.807, 2.05) is 24.3 Å². The molecule has 0 saturated heterocycles. The van der Waals surface area contributed by atoms with Crippen molar-refractivity contribution in [2.75, 3.05) is 28.3 Å². The van der Waals surface area contributed by atoms with Crippen LogP contribution < -0.4 is 9.47 Å². The van der Waals surface area contributed by atoms with E-state index in [4.69, 9.17) is 14.5 Å². The van der Waals surface area contributed by atoms with Crippen LogP contribution in [0.2, 0.25) is 0 Å². The number of hydrogen-bond acceptors (Lipinski definition) is 5. The van der Waals surface area contributed by atoms with Crippen molar-refractivity contribution in [2.24, 2.45) is 0 Å². The number of aromatic amines is 1. The van der Waals surface area contributed by atoms with Crippen molar-refractivity contribution < 1.29 is 18.7 Å². The Balaban J connectivity index is 1.57. The van der Waals surface area contributed by atoms with Gasteiger partial charge in [0.25, 0.3) is 5.91 Å². The van der Waals surface area contributed by atoms with Gasteiger partial charge in [-0.25, -0.2) is 14.4 Å². The van der Waals surface area contributed by atoms with Gasteiger partial charge in [0.15, 0.2) is 5.65 Å². The summed E-state index contributed by atoms with van der Waals surface area (Å²) in [6, 6.07) is 12.1. The molecule has 8 heteroatoms. The van der Waals surface area contributed by atoms with E-state index < -0.39 is 11.7 Å². The quantitative estimate of drug-likeness (QED) is 0.457. The highest BCUT2D eigenvalue weighted by atomic mass is 19.1. The Kier molecular flexibility index (Phi) is 6.26. The number of halogens is 1. The molecule has 1 N–H and O–H groups in total. The van der Waals surface area contributed by atoms with E-state index in [0.717, 1.165) is 29.2 Å². The summed E-state index contributed by atoms with van der Waals surface area (Å²) in [6.07, 6.45) is 3.18. The Bertz CT molecular complexity index is 1290. The van der Waals surface area contributed by atoms with Gasteiger partial charge in [0.05, 0.1) is 31.7 Å². The van der Waals surface area contributed by atoms with Crippen LogP contribution >= 0.6 is 0 Å². The molecule has 0 saturated carbocycles. The first kappa shape index (κ1) is 22.3. The summed E-state index contributed by atoms with van der Waals surface area (Å²) < 4.78 is 24.8. The maximum Gasteiger partial charge on any atom is 0.256 e. The first-order chi connectivity index (χ1) is 15.9. The van der Waals surface area contributed by atoms with Crippen molar-refractivity contribution in [3.63, 3.8) is 0 Å². The molecule has 0 aliphatic rings.